The molecule has 0 N–H and O–H groups in total. The highest BCUT2D eigenvalue weighted by Crippen LogP contribution is 2.27. The molecule has 0 unspecified atom stereocenters. The van der Waals surface area contributed by atoms with Crippen LogP contribution in [-0.2, 0) is 23.6 Å². The second-order valence-corrected chi connectivity index (χ2v) is 7.90. The Balaban J connectivity index is 2.34. The molecular formula is C13H15BrClN3O3S. The quantitative estimate of drug-likeness (QED) is 0.763. The molecule has 0 fully saturated rings. The fraction of sp³-hybridized carbons (Fsp3) is 0.308. The maximum absolute atomic E-state index is 12.6. The molecule has 2 rings (SSSR count). The molecule has 0 spiro atoms. The number of halogens is 2. The highest BCUT2D eigenvalue weighted by atomic mass is 79.9. The Bertz CT molecular complexity index is 792. The average Bonchev–Trinajstić information content (AvgIpc) is 2.79. The summed E-state index contributed by atoms with van der Waals surface area (Å²) < 4.78 is 33.9. The Morgan fingerprint density at radius 2 is 2.14 bits per heavy atom. The van der Waals surface area contributed by atoms with E-state index in [4.69, 9.17) is 16.3 Å². The van der Waals surface area contributed by atoms with Crippen molar-refractivity contribution in [2.24, 2.45) is 7.05 Å². The summed E-state index contributed by atoms with van der Waals surface area (Å²) in [6, 6.07) is 5.41. The first-order chi connectivity index (χ1) is 10.3. The van der Waals surface area contributed by atoms with Gasteiger partial charge < -0.3 is 9.30 Å². The Morgan fingerprint density at radius 1 is 1.45 bits per heavy atom. The summed E-state index contributed by atoms with van der Waals surface area (Å²) in [6.07, 6.45) is 1.36. The van der Waals surface area contributed by atoms with Gasteiger partial charge in [-0.2, -0.15) is 4.31 Å². The molecule has 6 nitrogen and oxygen atoms in total. The van der Waals surface area contributed by atoms with Gasteiger partial charge in [0.15, 0.2) is 0 Å². The van der Waals surface area contributed by atoms with Gasteiger partial charge in [-0.3, -0.25) is 0 Å². The number of nitrogens with zero attached hydrogens (tertiary/aromatic N) is 3. The number of benzene rings is 1. The number of aryl methyl sites for hydroxylation is 1. The molecule has 0 saturated carbocycles. The summed E-state index contributed by atoms with van der Waals surface area (Å²) in [7, 11) is 0.856. The number of imidazole rings is 1. The van der Waals surface area contributed by atoms with E-state index >= 15 is 0 Å². The van der Waals surface area contributed by atoms with Crippen molar-refractivity contribution in [3.8, 4) is 5.75 Å². The first-order valence-electron chi connectivity index (χ1n) is 6.23. The maximum atomic E-state index is 12.6. The number of methoxy groups -OCH3 is 1. The Hall–Kier alpha value is -1.09. The summed E-state index contributed by atoms with van der Waals surface area (Å²) in [5, 5.41) is -0.0822. The van der Waals surface area contributed by atoms with Crippen molar-refractivity contribution >= 4 is 37.6 Å². The third-order valence-electron chi connectivity index (χ3n) is 3.12. The summed E-state index contributed by atoms with van der Waals surface area (Å²) in [5.41, 5.74) is 0.731. The van der Waals surface area contributed by atoms with E-state index in [0.29, 0.717) is 5.75 Å². The monoisotopic (exact) mass is 407 g/mol. The van der Waals surface area contributed by atoms with Crippen LogP contribution in [-0.4, -0.2) is 36.4 Å². The smallest absolute Gasteiger partial charge is 0.263 e. The number of aromatic nitrogens is 2. The van der Waals surface area contributed by atoms with Crippen molar-refractivity contribution in [1.29, 1.82) is 0 Å². The fourth-order valence-electron chi connectivity index (χ4n) is 1.91. The molecule has 9 heteroatoms. The van der Waals surface area contributed by atoms with Crippen LogP contribution < -0.4 is 4.74 Å². The zero-order chi connectivity index (χ0) is 16.5. The molecule has 0 aliphatic heterocycles. The van der Waals surface area contributed by atoms with Gasteiger partial charge in [0.25, 0.3) is 10.0 Å². The van der Waals surface area contributed by atoms with E-state index in [-0.39, 0.29) is 16.7 Å². The number of ether oxygens (including phenoxy) is 1. The van der Waals surface area contributed by atoms with Crippen molar-refractivity contribution in [2.75, 3.05) is 14.2 Å². The predicted molar refractivity (Wildman–Crippen MR) is 87.6 cm³/mol. The Morgan fingerprint density at radius 3 is 2.68 bits per heavy atom. The number of rotatable bonds is 5. The summed E-state index contributed by atoms with van der Waals surface area (Å²) >= 11 is 9.35. The normalized spacial score (nSPS) is 11.9. The zero-order valence-electron chi connectivity index (χ0n) is 12.2. The minimum Gasteiger partial charge on any atom is -0.496 e. The van der Waals surface area contributed by atoms with Crippen LogP contribution in [0.3, 0.4) is 0 Å². The van der Waals surface area contributed by atoms with Gasteiger partial charge in [-0.1, -0.05) is 27.5 Å². The van der Waals surface area contributed by atoms with E-state index in [0.717, 1.165) is 10.0 Å². The lowest BCUT2D eigenvalue weighted by molar-refractivity contribution is 0.397. The highest BCUT2D eigenvalue weighted by molar-refractivity contribution is 9.10. The Kier molecular flexibility index (Phi) is 5.16. The molecule has 0 radical (unpaired) electrons. The molecule has 0 aliphatic carbocycles. The molecule has 22 heavy (non-hydrogen) atoms. The van der Waals surface area contributed by atoms with Crippen LogP contribution in [0.2, 0.25) is 5.15 Å². The molecular weight excluding hydrogens is 394 g/mol. The Labute approximate surface area is 142 Å². The third-order valence-corrected chi connectivity index (χ3v) is 5.91. The van der Waals surface area contributed by atoms with Crippen molar-refractivity contribution in [1.82, 2.24) is 13.9 Å². The molecule has 0 saturated heterocycles. The molecule has 120 valence electrons. The van der Waals surface area contributed by atoms with Crippen LogP contribution in [0.25, 0.3) is 0 Å². The second-order valence-electron chi connectivity index (χ2n) is 4.67. The summed E-state index contributed by atoms with van der Waals surface area (Å²) in [4.78, 5) is 3.87. The lowest BCUT2D eigenvalue weighted by Gasteiger charge is -2.18. The van der Waals surface area contributed by atoms with Gasteiger partial charge in [-0.15, -0.1) is 0 Å². The van der Waals surface area contributed by atoms with Crippen molar-refractivity contribution in [3.63, 3.8) is 0 Å². The summed E-state index contributed by atoms with van der Waals surface area (Å²) in [6.45, 7) is 0.137. The fourth-order valence-corrected chi connectivity index (χ4v) is 3.84. The van der Waals surface area contributed by atoms with Crippen LogP contribution in [0.5, 0.6) is 5.75 Å². The molecule has 1 aromatic carbocycles. The first kappa shape index (κ1) is 17.3. The van der Waals surface area contributed by atoms with Gasteiger partial charge in [-0.25, -0.2) is 13.4 Å². The highest BCUT2D eigenvalue weighted by Gasteiger charge is 2.28. The lowest BCUT2D eigenvalue weighted by atomic mass is 10.2. The van der Waals surface area contributed by atoms with Crippen molar-refractivity contribution in [3.05, 3.63) is 39.7 Å². The maximum Gasteiger partial charge on any atom is 0.263 e. The van der Waals surface area contributed by atoms with E-state index < -0.39 is 10.0 Å². The van der Waals surface area contributed by atoms with Crippen molar-refractivity contribution < 1.29 is 13.2 Å². The van der Waals surface area contributed by atoms with Crippen LogP contribution in [0.4, 0.5) is 0 Å². The lowest BCUT2D eigenvalue weighted by Crippen LogP contribution is -2.27. The molecule has 1 aromatic heterocycles. The molecule has 2 aromatic rings. The van der Waals surface area contributed by atoms with E-state index in [1.165, 1.54) is 29.4 Å². The van der Waals surface area contributed by atoms with Crippen LogP contribution in [0.1, 0.15) is 5.56 Å². The number of sulfonamides is 1. The van der Waals surface area contributed by atoms with Crippen LogP contribution in [0, 0.1) is 0 Å². The minimum absolute atomic E-state index is 0.0769. The number of hydrogen-bond acceptors (Lipinski definition) is 4. The molecule has 0 atom stereocenters. The van der Waals surface area contributed by atoms with Gasteiger partial charge in [0, 0.05) is 30.7 Å². The topological polar surface area (TPSA) is 64.4 Å². The first-order valence-corrected chi connectivity index (χ1v) is 8.84. The predicted octanol–water partition coefficient (Wildman–Crippen LogP) is 2.67. The average molecular weight is 409 g/mol. The van der Waals surface area contributed by atoms with E-state index in [2.05, 4.69) is 20.9 Å². The van der Waals surface area contributed by atoms with Gasteiger partial charge in [0.2, 0.25) is 5.03 Å². The number of hydrogen-bond donors (Lipinski definition) is 0. The molecule has 1 heterocycles. The second kappa shape index (κ2) is 6.57. The van der Waals surface area contributed by atoms with E-state index in [9.17, 15) is 8.42 Å². The van der Waals surface area contributed by atoms with Gasteiger partial charge in [0.05, 0.1) is 13.4 Å². The molecule has 0 amide bonds. The van der Waals surface area contributed by atoms with Gasteiger partial charge in [0.1, 0.15) is 10.9 Å². The zero-order valence-corrected chi connectivity index (χ0v) is 15.4. The SMILES string of the molecule is COc1ccc(Br)cc1CN(C)S(=O)(=O)c1ncn(C)c1Cl. The standard InChI is InChI=1S/C13H15BrClN3O3S/c1-17-8-16-13(12(17)15)22(19,20)18(2)7-9-6-10(14)4-5-11(9)21-3/h4-6,8H,7H2,1-3H3. The van der Waals surface area contributed by atoms with Crippen molar-refractivity contribution in [2.45, 2.75) is 11.6 Å². The molecule has 0 bridgehead atoms. The van der Waals surface area contributed by atoms with Crippen LogP contribution in [0.15, 0.2) is 34.0 Å². The molecule has 0 aliphatic rings. The van der Waals surface area contributed by atoms with E-state index in [1.54, 1.807) is 13.1 Å². The minimum atomic E-state index is -3.79. The van der Waals surface area contributed by atoms with Gasteiger partial charge in [-0.05, 0) is 18.2 Å². The van der Waals surface area contributed by atoms with E-state index in [1.807, 2.05) is 12.1 Å². The van der Waals surface area contributed by atoms with Crippen LogP contribution >= 0.6 is 27.5 Å². The summed E-state index contributed by atoms with van der Waals surface area (Å²) in [5.74, 6) is 0.609. The third kappa shape index (κ3) is 3.29. The van der Waals surface area contributed by atoms with Gasteiger partial charge >= 0.3 is 0 Å². The largest absolute Gasteiger partial charge is 0.496 e.